The number of nitrogens with zero attached hydrogens (tertiary/aromatic N) is 2. The Labute approximate surface area is 102 Å². The molecule has 2 fully saturated rings. The number of hydrogen-bond acceptors (Lipinski definition) is 3. The van der Waals surface area contributed by atoms with Gasteiger partial charge < -0.3 is 5.11 Å². The number of fused-ring (bicyclic) bond motifs is 2. The molecule has 0 aromatic heterocycles. The van der Waals surface area contributed by atoms with Crippen LogP contribution in [-0.4, -0.2) is 34.6 Å². The molecule has 2 bridgehead atoms. The number of carboxylic acid groups (broad SMARTS) is 1. The van der Waals surface area contributed by atoms with Crippen LogP contribution in [0.4, 0.5) is 0 Å². The molecule has 94 valence electrons. The van der Waals surface area contributed by atoms with Crippen molar-refractivity contribution in [2.75, 3.05) is 6.54 Å². The van der Waals surface area contributed by atoms with Crippen LogP contribution in [-0.2, 0) is 4.79 Å². The van der Waals surface area contributed by atoms with E-state index < -0.39 is 5.97 Å². The van der Waals surface area contributed by atoms with Gasteiger partial charge in [0.2, 0.25) is 0 Å². The molecule has 2 atom stereocenters. The molecule has 2 unspecified atom stereocenters. The SMILES string of the molecule is N#CCCCN1C2CCC1CC(CC(=O)O)C2. The highest BCUT2D eigenvalue weighted by Crippen LogP contribution is 2.39. The van der Waals surface area contributed by atoms with Gasteiger partial charge in [-0.25, -0.2) is 0 Å². The average Bonchev–Trinajstić information content (AvgIpc) is 2.51. The lowest BCUT2D eigenvalue weighted by molar-refractivity contribution is -0.138. The van der Waals surface area contributed by atoms with E-state index in [1.165, 1.54) is 12.8 Å². The number of hydrogen-bond donors (Lipinski definition) is 1. The summed E-state index contributed by atoms with van der Waals surface area (Å²) >= 11 is 0. The fraction of sp³-hybridized carbons (Fsp3) is 0.846. The summed E-state index contributed by atoms with van der Waals surface area (Å²) in [7, 11) is 0. The zero-order valence-electron chi connectivity index (χ0n) is 10.1. The summed E-state index contributed by atoms with van der Waals surface area (Å²) in [6.07, 6.45) is 6.42. The molecule has 0 radical (unpaired) electrons. The lowest BCUT2D eigenvalue weighted by Crippen LogP contribution is -2.43. The van der Waals surface area contributed by atoms with Gasteiger partial charge in [-0.3, -0.25) is 9.69 Å². The van der Waals surface area contributed by atoms with Gasteiger partial charge in [-0.05, 0) is 44.6 Å². The van der Waals surface area contributed by atoms with E-state index in [2.05, 4.69) is 11.0 Å². The Morgan fingerprint density at radius 3 is 2.53 bits per heavy atom. The van der Waals surface area contributed by atoms with Crippen molar-refractivity contribution in [3.8, 4) is 6.07 Å². The molecule has 1 N–H and O–H groups in total. The van der Waals surface area contributed by atoms with Crippen molar-refractivity contribution in [1.82, 2.24) is 4.90 Å². The third-order valence-corrected chi connectivity index (χ3v) is 4.15. The predicted octanol–water partition coefficient (Wildman–Crippen LogP) is 2.01. The molecule has 0 spiro atoms. The highest BCUT2D eigenvalue weighted by molar-refractivity contribution is 5.67. The standard InChI is InChI=1S/C13H20N2O2/c14-5-1-2-6-15-11-3-4-12(15)8-10(7-11)9-13(16)17/h10-12H,1-4,6-9H2,(H,16,17). The van der Waals surface area contributed by atoms with E-state index >= 15 is 0 Å². The Morgan fingerprint density at radius 2 is 2.00 bits per heavy atom. The van der Waals surface area contributed by atoms with Crippen molar-refractivity contribution in [3.05, 3.63) is 0 Å². The van der Waals surface area contributed by atoms with Crippen molar-refractivity contribution < 1.29 is 9.90 Å². The number of carboxylic acids is 1. The molecule has 0 saturated carbocycles. The molecule has 4 nitrogen and oxygen atoms in total. The molecule has 17 heavy (non-hydrogen) atoms. The molecule has 0 aromatic rings. The Morgan fingerprint density at radius 1 is 1.35 bits per heavy atom. The van der Waals surface area contributed by atoms with Gasteiger partial charge in [0.15, 0.2) is 0 Å². The van der Waals surface area contributed by atoms with Crippen LogP contribution in [0.25, 0.3) is 0 Å². The normalized spacial score (nSPS) is 32.3. The predicted molar refractivity (Wildman–Crippen MR) is 63.3 cm³/mol. The first-order valence-corrected chi connectivity index (χ1v) is 6.55. The zero-order valence-corrected chi connectivity index (χ0v) is 10.1. The molecule has 0 aromatic carbocycles. The quantitative estimate of drug-likeness (QED) is 0.742. The van der Waals surface area contributed by atoms with E-state index in [9.17, 15) is 4.79 Å². The van der Waals surface area contributed by atoms with Crippen molar-refractivity contribution in [1.29, 1.82) is 5.26 Å². The minimum absolute atomic E-state index is 0.332. The van der Waals surface area contributed by atoms with Gasteiger partial charge in [-0.15, -0.1) is 0 Å². The minimum atomic E-state index is -0.660. The first-order chi connectivity index (χ1) is 8.20. The van der Waals surface area contributed by atoms with E-state index in [-0.39, 0.29) is 0 Å². The lowest BCUT2D eigenvalue weighted by Gasteiger charge is -2.38. The summed E-state index contributed by atoms with van der Waals surface area (Å²) < 4.78 is 0. The third-order valence-electron chi connectivity index (χ3n) is 4.15. The maximum absolute atomic E-state index is 10.7. The first-order valence-electron chi connectivity index (χ1n) is 6.55. The molecule has 0 amide bonds. The maximum atomic E-state index is 10.7. The van der Waals surface area contributed by atoms with Crippen LogP contribution in [0.3, 0.4) is 0 Å². The highest BCUT2D eigenvalue weighted by Gasteiger charge is 2.40. The minimum Gasteiger partial charge on any atom is -0.481 e. The van der Waals surface area contributed by atoms with Gasteiger partial charge >= 0.3 is 5.97 Å². The van der Waals surface area contributed by atoms with Crippen molar-refractivity contribution in [2.45, 2.75) is 57.0 Å². The Hall–Kier alpha value is -1.08. The van der Waals surface area contributed by atoms with Crippen molar-refractivity contribution in [2.24, 2.45) is 5.92 Å². The van der Waals surface area contributed by atoms with E-state index in [1.807, 2.05) is 0 Å². The van der Waals surface area contributed by atoms with Crippen LogP contribution in [0.15, 0.2) is 0 Å². The van der Waals surface area contributed by atoms with Gasteiger partial charge in [0.1, 0.15) is 0 Å². The topological polar surface area (TPSA) is 64.3 Å². The lowest BCUT2D eigenvalue weighted by atomic mass is 9.88. The molecule has 4 heteroatoms. The number of piperidine rings is 1. The van der Waals surface area contributed by atoms with Gasteiger partial charge in [0.05, 0.1) is 6.07 Å². The van der Waals surface area contributed by atoms with Crippen molar-refractivity contribution in [3.63, 3.8) is 0 Å². The number of unbranched alkanes of at least 4 members (excludes halogenated alkanes) is 1. The average molecular weight is 236 g/mol. The smallest absolute Gasteiger partial charge is 0.303 e. The largest absolute Gasteiger partial charge is 0.481 e. The molecule has 2 saturated heterocycles. The second-order valence-corrected chi connectivity index (χ2v) is 5.32. The van der Waals surface area contributed by atoms with Gasteiger partial charge in [-0.2, -0.15) is 5.26 Å². The number of nitriles is 1. The monoisotopic (exact) mass is 236 g/mol. The van der Waals surface area contributed by atoms with E-state index in [4.69, 9.17) is 10.4 Å². The third kappa shape index (κ3) is 2.98. The fourth-order valence-corrected chi connectivity index (χ4v) is 3.51. The van der Waals surface area contributed by atoms with E-state index in [0.29, 0.717) is 30.8 Å². The molecule has 2 heterocycles. The fourth-order valence-electron chi connectivity index (χ4n) is 3.51. The Balaban J connectivity index is 1.85. The Kier molecular flexibility index (Phi) is 4.01. The number of rotatable bonds is 5. The second kappa shape index (κ2) is 5.50. The van der Waals surface area contributed by atoms with Gasteiger partial charge in [0, 0.05) is 24.9 Å². The molecule has 2 rings (SSSR count). The molecular weight excluding hydrogens is 216 g/mol. The van der Waals surface area contributed by atoms with Crippen LogP contribution in [0.5, 0.6) is 0 Å². The van der Waals surface area contributed by atoms with E-state index in [1.54, 1.807) is 0 Å². The van der Waals surface area contributed by atoms with Crippen LogP contribution in [0.2, 0.25) is 0 Å². The second-order valence-electron chi connectivity index (χ2n) is 5.32. The van der Waals surface area contributed by atoms with Crippen molar-refractivity contribution >= 4 is 5.97 Å². The summed E-state index contributed by atoms with van der Waals surface area (Å²) in [5.74, 6) is -0.287. The Bertz CT molecular complexity index is 310. The molecular formula is C13H20N2O2. The molecule has 2 aliphatic rings. The van der Waals surface area contributed by atoms with E-state index in [0.717, 1.165) is 25.8 Å². The summed E-state index contributed by atoms with van der Waals surface area (Å²) in [5.41, 5.74) is 0. The van der Waals surface area contributed by atoms with Crippen LogP contribution >= 0.6 is 0 Å². The number of carbonyl (C=O) groups is 1. The number of aliphatic carboxylic acids is 1. The highest BCUT2D eigenvalue weighted by atomic mass is 16.4. The molecule has 0 aliphatic carbocycles. The summed E-state index contributed by atoms with van der Waals surface area (Å²) in [4.78, 5) is 13.3. The van der Waals surface area contributed by atoms with Gasteiger partial charge in [-0.1, -0.05) is 0 Å². The van der Waals surface area contributed by atoms with Gasteiger partial charge in [0.25, 0.3) is 0 Å². The molecule has 2 aliphatic heterocycles. The zero-order chi connectivity index (χ0) is 12.3. The van der Waals surface area contributed by atoms with Crippen LogP contribution in [0, 0.1) is 17.2 Å². The van der Waals surface area contributed by atoms with Crippen LogP contribution < -0.4 is 0 Å². The van der Waals surface area contributed by atoms with Crippen LogP contribution in [0.1, 0.15) is 44.9 Å². The summed E-state index contributed by atoms with van der Waals surface area (Å²) in [6.45, 7) is 1.02. The summed E-state index contributed by atoms with van der Waals surface area (Å²) in [5, 5.41) is 17.4. The summed E-state index contributed by atoms with van der Waals surface area (Å²) in [6, 6.07) is 3.35. The first kappa shape index (κ1) is 12.4. The maximum Gasteiger partial charge on any atom is 0.303 e.